The van der Waals surface area contributed by atoms with Gasteiger partial charge in [-0.15, -0.1) is 0 Å². The maximum absolute atomic E-state index is 12.3. The van der Waals surface area contributed by atoms with E-state index in [2.05, 4.69) is 0 Å². The van der Waals surface area contributed by atoms with E-state index in [0.717, 1.165) is 0 Å². The molecule has 0 bridgehead atoms. The minimum Gasteiger partial charge on any atom is -0.285 e. The van der Waals surface area contributed by atoms with E-state index in [1.807, 2.05) is 0 Å². The van der Waals surface area contributed by atoms with E-state index >= 15 is 0 Å². The number of hydrogen-bond donors (Lipinski definition) is 0. The highest BCUT2D eigenvalue weighted by Gasteiger charge is 2.22. The van der Waals surface area contributed by atoms with E-state index in [-0.39, 0.29) is 0 Å². The summed E-state index contributed by atoms with van der Waals surface area (Å²) in [5.74, 6) is -1.15. The van der Waals surface area contributed by atoms with Crippen molar-refractivity contribution in [3.8, 4) is 0 Å². The highest BCUT2D eigenvalue weighted by molar-refractivity contribution is 6.50. The molecule has 0 fully saturated rings. The lowest BCUT2D eigenvalue weighted by molar-refractivity contribution is 0.0816. The van der Waals surface area contributed by atoms with Crippen LogP contribution in [0.15, 0.2) is 36.4 Å². The Kier molecular flexibility index (Phi) is 4.26. The number of carbonyl (C=O) groups excluding carboxylic acids is 2. The molecule has 2 aromatic rings. The molecule has 2 rings (SSSR count). The fourth-order valence-electron chi connectivity index (χ4n) is 1.95. The molecule has 0 saturated heterocycles. The van der Waals surface area contributed by atoms with E-state index < -0.39 is 11.6 Å². The SMILES string of the molecule is Cc1c(Cl)cccc1C(=O)C(=O)c1cccc(Cl)c1C. The lowest BCUT2D eigenvalue weighted by Crippen LogP contribution is -2.17. The number of hydrogen-bond acceptors (Lipinski definition) is 2. The van der Waals surface area contributed by atoms with Crippen molar-refractivity contribution in [3.05, 3.63) is 68.7 Å². The number of halogens is 2. The van der Waals surface area contributed by atoms with Gasteiger partial charge in [-0.05, 0) is 37.1 Å². The Balaban J connectivity index is 2.46. The molecule has 0 N–H and O–H groups in total. The van der Waals surface area contributed by atoms with E-state index in [9.17, 15) is 9.59 Å². The van der Waals surface area contributed by atoms with Crippen molar-refractivity contribution in [1.29, 1.82) is 0 Å². The second-order valence-corrected chi connectivity index (χ2v) is 5.30. The first-order valence-corrected chi connectivity index (χ1v) is 6.78. The number of rotatable bonds is 3. The number of benzene rings is 2. The van der Waals surface area contributed by atoms with Crippen LogP contribution in [0.1, 0.15) is 31.8 Å². The van der Waals surface area contributed by atoms with Crippen molar-refractivity contribution < 1.29 is 9.59 Å². The third kappa shape index (κ3) is 2.62. The van der Waals surface area contributed by atoms with Gasteiger partial charge in [-0.3, -0.25) is 9.59 Å². The Morgan fingerprint density at radius 1 is 0.750 bits per heavy atom. The van der Waals surface area contributed by atoms with Crippen molar-refractivity contribution >= 4 is 34.8 Å². The molecule has 0 spiro atoms. The number of ketones is 2. The second kappa shape index (κ2) is 5.78. The van der Waals surface area contributed by atoms with Gasteiger partial charge in [0.25, 0.3) is 0 Å². The molecule has 0 amide bonds. The average Bonchev–Trinajstić information content (AvgIpc) is 2.43. The Hall–Kier alpha value is -1.64. The van der Waals surface area contributed by atoms with Gasteiger partial charge in [-0.25, -0.2) is 0 Å². The van der Waals surface area contributed by atoms with E-state index in [4.69, 9.17) is 23.2 Å². The zero-order valence-electron chi connectivity index (χ0n) is 11.0. The highest BCUT2D eigenvalue weighted by Crippen LogP contribution is 2.23. The first-order valence-electron chi connectivity index (χ1n) is 6.02. The summed E-state index contributed by atoms with van der Waals surface area (Å²) in [6, 6.07) is 9.87. The second-order valence-electron chi connectivity index (χ2n) is 4.48. The molecule has 102 valence electrons. The number of carbonyl (C=O) groups is 2. The molecule has 0 aliphatic rings. The van der Waals surface area contributed by atoms with Crippen molar-refractivity contribution in [1.82, 2.24) is 0 Å². The molecule has 20 heavy (non-hydrogen) atoms. The molecule has 0 heterocycles. The molecule has 0 aromatic heterocycles. The Bertz CT molecular complexity index is 644. The molecule has 2 aromatic carbocycles. The summed E-state index contributed by atoms with van der Waals surface area (Å²) >= 11 is 12.0. The topological polar surface area (TPSA) is 34.1 Å². The summed E-state index contributed by atoms with van der Waals surface area (Å²) in [6.45, 7) is 3.43. The molecule has 4 heteroatoms. The van der Waals surface area contributed by atoms with Crippen LogP contribution in [0.25, 0.3) is 0 Å². The standard InChI is InChI=1S/C16H12Cl2O2/c1-9-11(5-3-7-13(9)17)15(19)16(20)12-6-4-8-14(18)10(12)2/h3-8H,1-2H3. The zero-order chi connectivity index (χ0) is 14.9. The fraction of sp³-hybridized carbons (Fsp3) is 0.125. The Morgan fingerprint density at radius 3 is 1.45 bits per heavy atom. The summed E-state index contributed by atoms with van der Waals surface area (Å²) in [5, 5.41) is 0.929. The van der Waals surface area contributed by atoms with Gasteiger partial charge >= 0.3 is 0 Å². The Labute approximate surface area is 127 Å². The van der Waals surface area contributed by atoms with Gasteiger partial charge in [0.2, 0.25) is 11.6 Å². The molecular formula is C16H12Cl2O2. The monoisotopic (exact) mass is 306 g/mol. The third-order valence-electron chi connectivity index (χ3n) is 3.23. The van der Waals surface area contributed by atoms with Crippen molar-refractivity contribution in [3.63, 3.8) is 0 Å². The summed E-state index contributed by atoms with van der Waals surface area (Å²) in [6.07, 6.45) is 0. The van der Waals surface area contributed by atoms with Gasteiger partial charge < -0.3 is 0 Å². The van der Waals surface area contributed by atoms with Crippen molar-refractivity contribution in [2.45, 2.75) is 13.8 Å². The van der Waals surface area contributed by atoms with Gasteiger partial charge in [0.05, 0.1) is 0 Å². The average molecular weight is 307 g/mol. The summed E-state index contributed by atoms with van der Waals surface area (Å²) in [4.78, 5) is 24.7. The van der Waals surface area contributed by atoms with Crippen LogP contribution >= 0.6 is 23.2 Å². The molecule has 0 atom stereocenters. The van der Waals surface area contributed by atoms with Crippen LogP contribution in [0.2, 0.25) is 10.0 Å². The Morgan fingerprint density at radius 2 is 1.10 bits per heavy atom. The maximum Gasteiger partial charge on any atom is 0.233 e. The van der Waals surface area contributed by atoms with Crippen LogP contribution in [0.4, 0.5) is 0 Å². The first kappa shape index (κ1) is 14.8. The van der Waals surface area contributed by atoms with Crippen molar-refractivity contribution in [2.75, 3.05) is 0 Å². The molecular weight excluding hydrogens is 295 g/mol. The van der Waals surface area contributed by atoms with Crippen LogP contribution < -0.4 is 0 Å². The largest absolute Gasteiger partial charge is 0.285 e. The van der Waals surface area contributed by atoms with E-state index in [0.29, 0.717) is 32.3 Å². The molecule has 0 aliphatic carbocycles. The predicted octanol–water partition coefficient (Wildman–Crippen LogP) is 4.68. The molecule has 0 radical (unpaired) electrons. The first-order chi connectivity index (χ1) is 9.43. The molecule has 2 nitrogen and oxygen atoms in total. The van der Waals surface area contributed by atoms with Gasteiger partial charge in [0, 0.05) is 21.2 Å². The van der Waals surface area contributed by atoms with Gasteiger partial charge in [-0.1, -0.05) is 47.5 Å². The fourth-order valence-corrected chi connectivity index (χ4v) is 2.30. The zero-order valence-corrected chi connectivity index (χ0v) is 12.5. The molecule has 0 unspecified atom stereocenters. The maximum atomic E-state index is 12.3. The summed E-state index contributed by atoms with van der Waals surface area (Å²) in [7, 11) is 0. The quantitative estimate of drug-likeness (QED) is 0.609. The van der Waals surface area contributed by atoms with Gasteiger partial charge in [0.1, 0.15) is 0 Å². The van der Waals surface area contributed by atoms with E-state index in [1.54, 1.807) is 50.2 Å². The number of Topliss-reactive ketones (excluding diaryl/α,β-unsaturated/α-hetero) is 2. The minimum atomic E-state index is -0.574. The van der Waals surface area contributed by atoms with Crippen LogP contribution in [-0.2, 0) is 0 Å². The normalized spacial score (nSPS) is 10.4. The van der Waals surface area contributed by atoms with Gasteiger partial charge in [0.15, 0.2) is 0 Å². The van der Waals surface area contributed by atoms with Crippen LogP contribution in [0, 0.1) is 13.8 Å². The van der Waals surface area contributed by atoms with Crippen molar-refractivity contribution in [2.24, 2.45) is 0 Å². The molecule has 0 saturated carbocycles. The van der Waals surface area contributed by atoms with E-state index in [1.165, 1.54) is 0 Å². The highest BCUT2D eigenvalue weighted by atomic mass is 35.5. The lowest BCUT2D eigenvalue weighted by Gasteiger charge is -2.08. The summed E-state index contributed by atoms with van der Waals surface area (Å²) in [5.41, 5.74) is 1.85. The smallest absolute Gasteiger partial charge is 0.233 e. The van der Waals surface area contributed by atoms with Crippen LogP contribution in [-0.4, -0.2) is 11.6 Å². The summed E-state index contributed by atoms with van der Waals surface area (Å²) < 4.78 is 0. The molecule has 0 aliphatic heterocycles. The van der Waals surface area contributed by atoms with Crippen LogP contribution in [0.3, 0.4) is 0 Å². The lowest BCUT2D eigenvalue weighted by atomic mass is 9.96. The van der Waals surface area contributed by atoms with Crippen LogP contribution in [0.5, 0.6) is 0 Å². The predicted molar refractivity (Wildman–Crippen MR) is 81.0 cm³/mol. The third-order valence-corrected chi connectivity index (χ3v) is 4.05. The minimum absolute atomic E-state index is 0.321. The van der Waals surface area contributed by atoms with Gasteiger partial charge in [-0.2, -0.15) is 0 Å².